The van der Waals surface area contributed by atoms with Gasteiger partial charge in [0.1, 0.15) is 18.5 Å². The van der Waals surface area contributed by atoms with Gasteiger partial charge in [0.05, 0.1) is 18.8 Å². The fraction of sp³-hybridized carbons (Fsp3) is 0.393. The number of nitrogens with zero attached hydrogens (tertiary/aromatic N) is 3. The molecule has 238 valence electrons. The molecule has 1 aliphatic rings. The Morgan fingerprint density at radius 2 is 1.84 bits per heavy atom. The first-order chi connectivity index (χ1) is 20.6. The molecule has 2 aromatic carbocycles. The van der Waals surface area contributed by atoms with Crippen molar-refractivity contribution >= 4 is 33.4 Å². The van der Waals surface area contributed by atoms with Crippen molar-refractivity contribution in [3.05, 3.63) is 60.3 Å². The van der Waals surface area contributed by atoms with Crippen LogP contribution in [0.1, 0.15) is 33.3 Å². The SMILES string of the molecule is CCn1cc(S(=O)(=O)N2C[C@H](CNC(C)=O)Oc3ccc(NC(=O)OC(C)(C)C(F)(F)F)cc32)c(OCc2ccccc2)n1. The van der Waals surface area contributed by atoms with E-state index in [1.165, 1.54) is 36.0 Å². The van der Waals surface area contributed by atoms with Crippen molar-refractivity contribution in [1.82, 2.24) is 15.1 Å². The van der Waals surface area contributed by atoms with Crippen LogP contribution in [0.4, 0.5) is 29.3 Å². The minimum Gasteiger partial charge on any atom is -0.484 e. The standard InChI is InChI=1S/C28H32F3N5O7S/c1-5-35-16-24(25(34-35)41-17-19-9-7-6-8-10-19)44(39,40)36-15-21(14-32-18(2)37)42-23-12-11-20(13-22(23)36)33-26(38)43-27(3,4)28(29,30)31/h6-13,16,21H,5,14-15,17H2,1-4H3,(H,32,37)(H,33,38)/t21-/m0/s1. The van der Waals surface area contributed by atoms with Crippen molar-refractivity contribution in [2.75, 3.05) is 22.7 Å². The molecule has 12 nitrogen and oxygen atoms in total. The van der Waals surface area contributed by atoms with E-state index < -0.39 is 34.0 Å². The van der Waals surface area contributed by atoms with Crippen molar-refractivity contribution in [2.45, 2.75) is 63.6 Å². The fourth-order valence-corrected chi connectivity index (χ4v) is 5.66. The lowest BCUT2D eigenvalue weighted by atomic mass is 10.1. The highest BCUT2D eigenvalue weighted by atomic mass is 32.2. The number of halogens is 3. The van der Waals surface area contributed by atoms with Crippen LogP contribution in [0.25, 0.3) is 0 Å². The molecule has 0 spiro atoms. The molecule has 16 heteroatoms. The maximum Gasteiger partial charge on any atom is 0.427 e. The van der Waals surface area contributed by atoms with Crippen molar-refractivity contribution in [1.29, 1.82) is 0 Å². The number of sulfonamides is 1. The Bertz CT molecular complexity index is 1610. The van der Waals surface area contributed by atoms with Crippen LogP contribution in [0, 0.1) is 0 Å². The molecule has 1 atom stereocenters. The van der Waals surface area contributed by atoms with Crippen LogP contribution in [0.3, 0.4) is 0 Å². The van der Waals surface area contributed by atoms with Gasteiger partial charge < -0.3 is 19.5 Å². The predicted molar refractivity (Wildman–Crippen MR) is 153 cm³/mol. The quantitative estimate of drug-likeness (QED) is 0.331. The second-order valence-corrected chi connectivity index (χ2v) is 12.2. The Morgan fingerprint density at radius 3 is 2.48 bits per heavy atom. The van der Waals surface area contributed by atoms with E-state index in [1.54, 1.807) is 6.92 Å². The van der Waals surface area contributed by atoms with Crippen molar-refractivity contribution < 1.29 is 45.4 Å². The van der Waals surface area contributed by atoms with E-state index in [-0.39, 0.29) is 53.5 Å². The number of hydrogen-bond donors (Lipinski definition) is 2. The maximum absolute atomic E-state index is 14.2. The molecule has 44 heavy (non-hydrogen) atoms. The number of carbonyl (C=O) groups is 2. The first-order valence-electron chi connectivity index (χ1n) is 13.5. The van der Waals surface area contributed by atoms with E-state index in [0.29, 0.717) is 20.4 Å². The van der Waals surface area contributed by atoms with Crippen molar-refractivity contribution in [2.24, 2.45) is 0 Å². The molecule has 0 saturated carbocycles. The van der Waals surface area contributed by atoms with Gasteiger partial charge in [-0.2, -0.15) is 13.2 Å². The van der Waals surface area contributed by atoms with Gasteiger partial charge in [-0.25, -0.2) is 13.2 Å². The third kappa shape index (κ3) is 7.35. The first-order valence-corrected chi connectivity index (χ1v) is 14.9. The second kappa shape index (κ2) is 12.6. The number of alkyl halides is 3. The molecule has 0 bridgehead atoms. The number of benzene rings is 2. The molecule has 1 aliphatic heterocycles. The van der Waals surface area contributed by atoms with Crippen LogP contribution in [-0.4, -0.2) is 61.2 Å². The summed E-state index contributed by atoms with van der Waals surface area (Å²) in [4.78, 5) is 23.7. The molecule has 2 heterocycles. The van der Waals surface area contributed by atoms with Gasteiger partial charge in [-0.3, -0.25) is 19.1 Å². The molecule has 0 aliphatic carbocycles. The zero-order valence-electron chi connectivity index (χ0n) is 24.3. The van der Waals surface area contributed by atoms with Crippen LogP contribution in [0.5, 0.6) is 11.6 Å². The third-order valence-electron chi connectivity index (χ3n) is 6.55. The van der Waals surface area contributed by atoms with Crippen LogP contribution >= 0.6 is 0 Å². The molecule has 1 aromatic heterocycles. The van der Waals surface area contributed by atoms with E-state index in [4.69, 9.17) is 9.47 Å². The number of nitrogens with one attached hydrogen (secondary N) is 2. The molecule has 3 aromatic rings. The fourth-order valence-electron chi connectivity index (χ4n) is 4.08. The highest BCUT2D eigenvalue weighted by molar-refractivity contribution is 7.93. The van der Waals surface area contributed by atoms with E-state index in [1.807, 2.05) is 30.3 Å². The number of carbonyl (C=O) groups excluding carboxylic acids is 2. The largest absolute Gasteiger partial charge is 0.484 e. The zero-order chi connectivity index (χ0) is 32.3. The minimum absolute atomic E-state index is 0.0183. The van der Waals surface area contributed by atoms with Gasteiger partial charge in [-0.15, -0.1) is 5.10 Å². The first kappa shape index (κ1) is 32.4. The van der Waals surface area contributed by atoms with Crippen LogP contribution in [0.2, 0.25) is 0 Å². The predicted octanol–water partition coefficient (Wildman–Crippen LogP) is 4.46. The number of hydrogen-bond acceptors (Lipinski definition) is 8. The molecule has 2 N–H and O–H groups in total. The summed E-state index contributed by atoms with van der Waals surface area (Å²) >= 11 is 0. The van der Waals surface area contributed by atoms with Crippen molar-refractivity contribution in [3.8, 4) is 11.6 Å². The number of amides is 2. The van der Waals surface area contributed by atoms with E-state index in [9.17, 15) is 31.2 Å². The molecule has 0 radical (unpaired) electrons. The van der Waals surface area contributed by atoms with Gasteiger partial charge >= 0.3 is 12.3 Å². The van der Waals surface area contributed by atoms with E-state index in [0.717, 1.165) is 9.87 Å². The average molecular weight is 640 g/mol. The summed E-state index contributed by atoms with van der Waals surface area (Å²) in [5.74, 6) is -0.414. The molecule has 4 rings (SSSR count). The Balaban J connectivity index is 1.69. The number of anilines is 2. The Kier molecular flexibility index (Phi) is 9.32. The lowest BCUT2D eigenvalue weighted by Gasteiger charge is -2.35. The molecule has 0 saturated heterocycles. The maximum atomic E-state index is 14.2. The summed E-state index contributed by atoms with van der Waals surface area (Å²) in [5.41, 5.74) is -2.07. The average Bonchev–Trinajstić information content (AvgIpc) is 3.38. The van der Waals surface area contributed by atoms with Gasteiger partial charge in [0.15, 0.2) is 4.90 Å². The summed E-state index contributed by atoms with van der Waals surface area (Å²) in [7, 11) is -4.43. The van der Waals surface area contributed by atoms with Gasteiger partial charge in [0.25, 0.3) is 15.9 Å². The van der Waals surface area contributed by atoms with Gasteiger partial charge in [0.2, 0.25) is 11.5 Å². The van der Waals surface area contributed by atoms with E-state index >= 15 is 0 Å². The molecule has 0 unspecified atom stereocenters. The summed E-state index contributed by atoms with van der Waals surface area (Å²) in [5, 5.41) is 9.10. The second-order valence-electron chi connectivity index (χ2n) is 10.3. The lowest BCUT2D eigenvalue weighted by molar-refractivity contribution is -0.242. The zero-order valence-corrected chi connectivity index (χ0v) is 25.2. The smallest absolute Gasteiger partial charge is 0.427 e. The summed E-state index contributed by atoms with van der Waals surface area (Å²) < 4.78 is 86.9. The summed E-state index contributed by atoms with van der Waals surface area (Å²) in [6.45, 7) is 4.57. The van der Waals surface area contributed by atoms with Crippen LogP contribution in [-0.2, 0) is 32.7 Å². The summed E-state index contributed by atoms with van der Waals surface area (Å²) in [6, 6.07) is 13.0. The Morgan fingerprint density at radius 1 is 1.14 bits per heavy atom. The van der Waals surface area contributed by atoms with Crippen LogP contribution < -0.4 is 24.4 Å². The topological polar surface area (TPSA) is 141 Å². The Hall–Kier alpha value is -4.47. The van der Waals surface area contributed by atoms with E-state index in [2.05, 4.69) is 20.5 Å². The monoisotopic (exact) mass is 639 g/mol. The molecular formula is C28H32F3N5O7S. The Labute approximate surface area is 252 Å². The molecule has 0 fully saturated rings. The number of fused-ring (bicyclic) bond motifs is 1. The minimum atomic E-state index is -4.83. The number of rotatable bonds is 10. The van der Waals surface area contributed by atoms with Gasteiger partial charge in [-0.1, -0.05) is 30.3 Å². The normalized spacial score (nSPS) is 15.2. The molecule has 2 amide bonds. The third-order valence-corrected chi connectivity index (χ3v) is 8.31. The number of ether oxygens (including phenoxy) is 3. The summed E-state index contributed by atoms with van der Waals surface area (Å²) in [6.07, 6.45) is -5.72. The number of aryl methyl sites for hydroxylation is 1. The highest BCUT2D eigenvalue weighted by Gasteiger charge is 2.51. The number of aromatic nitrogens is 2. The van der Waals surface area contributed by atoms with Gasteiger partial charge in [-0.05, 0) is 44.5 Å². The highest BCUT2D eigenvalue weighted by Crippen LogP contribution is 2.41. The van der Waals surface area contributed by atoms with Crippen molar-refractivity contribution in [3.63, 3.8) is 0 Å². The van der Waals surface area contributed by atoms with Crippen LogP contribution in [0.15, 0.2) is 59.6 Å². The molecular weight excluding hydrogens is 607 g/mol. The lowest BCUT2D eigenvalue weighted by Crippen LogP contribution is -2.48. The van der Waals surface area contributed by atoms with Gasteiger partial charge in [0, 0.05) is 25.4 Å².